The Morgan fingerprint density at radius 1 is 1.57 bits per heavy atom. The van der Waals surface area contributed by atoms with Gasteiger partial charge in [0.25, 0.3) is 5.91 Å². The number of nitrogens with one attached hydrogen (secondary N) is 1. The summed E-state index contributed by atoms with van der Waals surface area (Å²) in [6.07, 6.45) is 2.60. The molecule has 0 saturated carbocycles. The molecule has 124 valence electrons. The summed E-state index contributed by atoms with van der Waals surface area (Å²) in [6, 6.07) is 1.60. The van der Waals surface area contributed by atoms with E-state index in [1.54, 1.807) is 20.1 Å². The van der Waals surface area contributed by atoms with Crippen molar-refractivity contribution in [3.63, 3.8) is 0 Å². The topological polar surface area (TPSA) is 91.4 Å². The predicted octanol–water partition coefficient (Wildman–Crippen LogP) is 0.870. The summed E-state index contributed by atoms with van der Waals surface area (Å²) in [5, 5.41) is 11.1. The molecule has 0 aromatic carbocycles. The van der Waals surface area contributed by atoms with Crippen LogP contribution < -0.4 is 5.32 Å². The molecule has 8 nitrogen and oxygen atoms in total. The number of aryl methyl sites for hydroxylation is 1. The number of rotatable bonds is 6. The molecule has 3 heterocycles. The number of methoxy groups -OCH3 is 1. The minimum atomic E-state index is -0.281. The van der Waals surface area contributed by atoms with Gasteiger partial charge in [0.05, 0.1) is 25.5 Å². The van der Waals surface area contributed by atoms with Crippen molar-refractivity contribution in [2.75, 3.05) is 26.9 Å². The van der Waals surface area contributed by atoms with Crippen molar-refractivity contribution in [1.29, 1.82) is 0 Å². The van der Waals surface area contributed by atoms with Gasteiger partial charge in [0.15, 0.2) is 5.69 Å². The van der Waals surface area contributed by atoms with E-state index >= 15 is 0 Å². The maximum absolute atomic E-state index is 12.0. The van der Waals surface area contributed by atoms with E-state index in [1.165, 1.54) is 0 Å². The summed E-state index contributed by atoms with van der Waals surface area (Å²) < 4.78 is 17.6. The zero-order chi connectivity index (χ0) is 16.2. The highest BCUT2D eigenvalue weighted by atomic mass is 16.5. The highest BCUT2D eigenvalue weighted by Crippen LogP contribution is 2.25. The Morgan fingerprint density at radius 2 is 2.43 bits per heavy atom. The number of carbonyl (C=O) groups is 1. The van der Waals surface area contributed by atoms with Crippen molar-refractivity contribution in [1.82, 2.24) is 20.3 Å². The molecule has 8 heteroatoms. The normalized spacial score (nSPS) is 17.0. The van der Waals surface area contributed by atoms with Crippen molar-refractivity contribution in [3.8, 4) is 0 Å². The second kappa shape index (κ2) is 6.93. The first-order chi connectivity index (χ1) is 11.2. The van der Waals surface area contributed by atoms with Gasteiger partial charge in [-0.2, -0.15) is 5.10 Å². The molecule has 1 atom stereocenters. The largest absolute Gasteiger partial charge is 0.383 e. The maximum atomic E-state index is 12.0. The number of aromatic nitrogens is 3. The molecule has 1 aliphatic heterocycles. The zero-order valence-corrected chi connectivity index (χ0v) is 13.2. The molecule has 0 aliphatic carbocycles. The van der Waals surface area contributed by atoms with Gasteiger partial charge in [-0.25, -0.2) is 0 Å². The number of amides is 1. The summed E-state index contributed by atoms with van der Waals surface area (Å²) in [5.41, 5.74) is 2.30. The Kier molecular flexibility index (Phi) is 4.73. The van der Waals surface area contributed by atoms with Crippen LogP contribution in [0.5, 0.6) is 0 Å². The van der Waals surface area contributed by atoms with E-state index in [4.69, 9.17) is 14.0 Å². The van der Waals surface area contributed by atoms with E-state index in [-0.39, 0.29) is 17.7 Å². The van der Waals surface area contributed by atoms with Gasteiger partial charge < -0.3 is 19.3 Å². The number of hydrogen-bond acceptors (Lipinski definition) is 6. The smallest absolute Gasteiger partial charge is 0.273 e. The molecule has 1 unspecified atom stereocenters. The third-order valence-corrected chi connectivity index (χ3v) is 3.70. The van der Waals surface area contributed by atoms with Gasteiger partial charge in [0.1, 0.15) is 11.9 Å². The fourth-order valence-corrected chi connectivity index (χ4v) is 2.54. The Hall–Kier alpha value is -2.19. The summed E-state index contributed by atoms with van der Waals surface area (Å²) >= 11 is 0. The summed E-state index contributed by atoms with van der Waals surface area (Å²) in [7, 11) is 1.66. The van der Waals surface area contributed by atoms with Crippen LogP contribution in [0, 0.1) is 6.92 Å². The lowest BCUT2D eigenvalue weighted by molar-refractivity contribution is 0.0381. The van der Waals surface area contributed by atoms with Crippen LogP contribution in [0.4, 0.5) is 0 Å². The lowest BCUT2D eigenvalue weighted by Gasteiger charge is -2.21. The molecule has 0 spiro atoms. The van der Waals surface area contributed by atoms with E-state index in [1.807, 2.05) is 10.9 Å². The van der Waals surface area contributed by atoms with Crippen molar-refractivity contribution in [2.45, 2.75) is 26.0 Å². The second-order valence-corrected chi connectivity index (χ2v) is 5.44. The van der Waals surface area contributed by atoms with Crippen LogP contribution in [-0.2, 0) is 22.4 Å². The van der Waals surface area contributed by atoms with Crippen molar-refractivity contribution < 1.29 is 18.8 Å². The molecule has 0 radical (unpaired) electrons. The van der Waals surface area contributed by atoms with Gasteiger partial charge in [-0.1, -0.05) is 5.16 Å². The summed E-state index contributed by atoms with van der Waals surface area (Å²) in [4.78, 5) is 12.0. The molecule has 23 heavy (non-hydrogen) atoms. The minimum Gasteiger partial charge on any atom is -0.383 e. The van der Waals surface area contributed by atoms with E-state index in [2.05, 4.69) is 15.6 Å². The van der Waals surface area contributed by atoms with Crippen molar-refractivity contribution in [3.05, 3.63) is 35.0 Å². The second-order valence-electron chi connectivity index (χ2n) is 5.44. The molecule has 2 aromatic heterocycles. The third kappa shape index (κ3) is 3.59. The molecule has 1 N–H and O–H groups in total. The average Bonchev–Trinajstić information content (AvgIpc) is 3.16. The molecular formula is C15H20N4O4. The molecule has 1 amide bonds. The van der Waals surface area contributed by atoms with E-state index in [9.17, 15) is 4.79 Å². The van der Waals surface area contributed by atoms with Crippen LogP contribution in [0.3, 0.4) is 0 Å². The Labute approximate surface area is 133 Å². The highest BCUT2D eigenvalue weighted by molar-refractivity contribution is 5.92. The van der Waals surface area contributed by atoms with Crippen LogP contribution in [-0.4, -0.2) is 47.7 Å². The molecule has 0 saturated heterocycles. The Balaban J connectivity index is 1.63. The van der Waals surface area contributed by atoms with Crippen LogP contribution in [0.1, 0.15) is 33.6 Å². The van der Waals surface area contributed by atoms with Crippen molar-refractivity contribution in [2.24, 2.45) is 0 Å². The van der Waals surface area contributed by atoms with Gasteiger partial charge in [-0.05, 0) is 18.9 Å². The number of ether oxygens (including phenoxy) is 2. The highest BCUT2D eigenvalue weighted by Gasteiger charge is 2.25. The van der Waals surface area contributed by atoms with Gasteiger partial charge in [-0.15, -0.1) is 0 Å². The van der Waals surface area contributed by atoms with Gasteiger partial charge >= 0.3 is 0 Å². The lowest BCUT2D eigenvalue weighted by atomic mass is 10.1. The van der Waals surface area contributed by atoms with E-state index in [0.717, 1.165) is 17.7 Å². The first-order valence-corrected chi connectivity index (χ1v) is 7.55. The SMILES string of the molecule is COCCn1cc2c(n1)C(CNC(=O)c1cc(C)on1)OCC2. The number of carbonyl (C=O) groups excluding carboxylic acids is 1. The van der Waals surface area contributed by atoms with Gasteiger partial charge in [0, 0.05) is 25.9 Å². The Morgan fingerprint density at radius 3 is 3.17 bits per heavy atom. The predicted molar refractivity (Wildman–Crippen MR) is 80.1 cm³/mol. The molecule has 1 aliphatic rings. The standard InChI is InChI=1S/C15H20N4O4/c1-10-7-12(18-23-10)15(20)16-8-13-14-11(3-5-22-13)9-19(17-14)4-6-21-2/h7,9,13H,3-6,8H2,1-2H3,(H,16,20). The van der Waals surface area contributed by atoms with Crippen LogP contribution >= 0.6 is 0 Å². The number of hydrogen-bond donors (Lipinski definition) is 1. The fourth-order valence-electron chi connectivity index (χ4n) is 2.54. The first-order valence-electron chi connectivity index (χ1n) is 7.55. The molecular weight excluding hydrogens is 300 g/mol. The van der Waals surface area contributed by atoms with Gasteiger partial charge in [0.2, 0.25) is 0 Å². The first kappa shape index (κ1) is 15.7. The minimum absolute atomic E-state index is 0.250. The van der Waals surface area contributed by atoms with E-state index in [0.29, 0.717) is 32.1 Å². The third-order valence-electron chi connectivity index (χ3n) is 3.70. The van der Waals surface area contributed by atoms with Crippen LogP contribution in [0.25, 0.3) is 0 Å². The lowest BCUT2D eigenvalue weighted by Crippen LogP contribution is -2.32. The summed E-state index contributed by atoms with van der Waals surface area (Å²) in [6.45, 7) is 4.01. The molecule has 0 bridgehead atoms. The number of fused-ring (bicyclic) bond motifs is 1. The Bertz CT molecular complexity index is 679. The van der Waals surface area contributed by atoms with E-state index < -0.39 is 0 Å². The molecule has 3 rings (SSSR count). The quantitative estimate of drug-likeness (QED) is 0.849. The summed E-state index contributed by atoms with van der Waals surface area (Å²) in [5.74, 6) is 0.319. The van der Waals surface area contributed by atoms with Crippen LogP contribution in [0.2, 0.25) is 0 Å². The van der Waals surface area contributed by atoms with Crippen LogP contribution in [0.15, 0.2) is 16.8 Å². The van der Waals surface area contributed by atoms with Crippen molar-refractivity contribution >= 4 is 5.91 Å². The fraction of sp³-hybridized carbons (Fsp3) is 0.533. The monoisotopic (exact) mass is 320 g/mol. The number of nitrogens with zero attached hydrogens (tertiary/aromatic N) is 3. The zero-order valence-electron chi connectivity index (χ0n) is 13.2. The average molecular weight is 320 g/mol. The molecule has 2 aromatic rings. The van der Waals surface area contributed by atoms with Gasteiger partial charge in [-0.3, -0.25) is 9.48 Å². The molecule has 0 fully saturated rings. The maximum Gasteiger partial charge on any atom is 0.273 e.